The zero-order valence-electron chi connectivity index (χ0n) is 12.4. The summed E-state index contributed by atoms with van der Waals surface area (Å²) in [6.07, 6.45) is 1.43. The highest BCUT2D eigenvalue weighted by molar-refractivity contribution is 5.85. The number of hydrogen-bond donors (Lipinski definition) is 1. The van der Waals surface area contributed by atoms with Gasteiger partial charge >= 0.3 is 5.82 Å². The van der Waals surface area contributed by atoms with Crippen molar-refractivity contribution in [3.63, 3.8) is 0 Å². The van der Waals surface area contributed by atoms with Gasteiger partial charge in [-0.3, -0.25) is 4.90 Å². The first-order chi connectivity index (χ1) is 8.93. The van der Waals surface area contributed by atoms with Crippen molar-refractivity contribution in [2.24, 2.45) is 0 Å². The minimum Gasteiger partial charge on any atom is -0.377 e. The Bertz CT molecular complexity index is 419. The quantitative estimate of drug-likeness (QED) is 0.619. The van der Waals surface area contributed by atoms with Crippen LogP contribution in [0.15, 0.2) is 18.3 Å². The first-order valence-electron chi connectivity index (χ1n) is 6.52. The Hall–Kier alpha value is -1.40. The molecule has 0 aliphatic carbocycles. The van der Waals surface area contributed by atoms with E-state index in [1.165, 1.54) is 6.20 Å². The second-order valence-corrected chi connectivity index (χ2v) is 4.98. The molecule has 0 bridgehead atoms. The Kier molecular flexibility index (Phi) is 8.10. The predicted molar refractivity (Wildman–Crippen MR) is 83.6 cm³/mol. The van der Waals surface area contributed by atoms with Gasteiger partial charge in [0.15, 0.2) is 0 Å². The highest BCUT2D eigenvalue weighted by atomic mass is 35.5. The monoisotopic (exact) mass is 302 g/mol. The fourth-order valence-electron chi connectivity index (χ4n) is 2.11. The van der Waals surface area contributed by atoms with Crippen molar-refractivity contribution in [3.05, 3.63) is 28.4 Å². The van der Waals surface area contributed by atoms with Gasteiger partial charge in [0.2, 0.25) is 0 Å². The van der Waals surface area contributed by atoms with Crippen molar-refractivity contribution < 1.29 is 4.92 Å². The predicted octanol–water partition coefficient (Wildman–Crippen LogP) is 2.94. The van der Waals surface area contributed by atoms with Gasteiger partial charge in [-0.15, -0.1) is 12.4 Å². The largest absolute Gasteiger partial charge is 0.386 e. The maximum atomic E-state index is 10.8. The smallest absolute Gasteiger partial charge is 0.377 e. The number of rotatable bonds is 7. The molecule has 114 valence electrons. The zero-order valence-corrected chi connectivity index (χ0v) is 13.2. The van der Waals surface area contributed by atoms with Crippen LogP contribution in [0.2, 0.25) is 0 Å². The third kappa shape index (κ3) is 5.30. The lowest BCUT2D eigenvalue weighted by molar-refractivity contribution is -0.388. The molecule has 1 aromatic heterocycles. The third-order valence-electron chi connectivity index (χ3n) is 2.97. The maximum Gasteiger partial charge on any atom is 0.386 e. The molecule has 0 saturated carbocycles. The molecule has 0 radical (unpaired) electrons. The zero-order chi connectivity index (χ0) is 14.4. The number of anilines is 1. The van der Waals surface area contributed by atoms with Crippen molar-refractivity contribution >= 4 is 23.9 Å². The SMILES string of the molecule is CC(C)N(CCNc1cccnc1[N+](=O)[O-])C(C)C.Cl. The number of hydrogen-bond acceptors (Lipinski definition) is 5. The van der Waals surface area contributed by atoms with Gasteiger partial charge in [0.05, 0.1) is 0 Å². The van der Waals surface area contributed by atoms with Crippen LogP contribution in [0.1, 0.15) is 27.7 Å². The van der Waals surface area contributed by atoms with Gasteiger partial charge in [-0.2, -0.15) is 0 Å². The van der Waals surface area contributed by atoms with Crippen LogP contribution in [0.5, 0.6) is 0 Å². The lowest BCUT2D eigenvalue weighted by atomic mass is 10.2. The summed E-state index contributed by atoms with van der Waals surface area (Å²) in [7, 11) is 0. The average molecular weight is 303 g/mol. The van der Waals surface area contributed by atoms with Crippen LogP contribution in [0.25, 0.3) is 0 Å². The molecule has 0 atom stereocenters. The van der Waals surface area contributed by atoms with Crippen LogP contribution in [0.4, 0.5) is 11.5 Å². The molecule has 0 aliphatic heterocycles. The molecule has 1 aromatic rings. The number of halogens is 1. The number of nitrogens with one attached hydrogen (secondary N) is 1. The van der Waals surface area contributed by atoms with Crippen molar-refractivity contribution in [2.45, 2.75) is 39.8 Å². The van der Waals surface area contributed by atoms with Crippen molar-refractivity contribution in [3.8, 4) is 0 Å². The molecule has 0 aliphatic rings. The Morgan fingerprint density at radius 1 is 1.35 bits per heavy atom. The Morgan fingerprint density at radius 2 is 1.95 bits per heavy atom. The molecule has 0 spiro atoms. The summed E-state index contributed by atoms with van der Waals surface area (Å²) in [5, 5.41) is 13.9. The normalized spacial score (nSPS) is 10.8. The summed E-state index contributed by atoms with van der Waals surface area (Å²) in [4.78, 5) is 16.5. The number of aromatic nitrogens is 1. The van der Waals surface area contributed by atoms with Crippen LogP contribution in [-0.4, -0.2) is 40.0 Å². The second kappa shape index (κ2) is 8.71. The van der Waals surface area contributed by atoms with E-state index in [1.54, 1.807) is 12.1 Å². The van der Waals surface area contributed by atoms with Gasteiger partial charge < -0.3 is 15.4 Å². The Morgan fingerprint density at radius 3 is 2.45 bits per heavy atom. The van der Waals surface area contributed by atoms with Gasteiger partial charge in [-0.1, -0.05) is 0 Å². The molecule has 6 nitrogen and oxygen atoms in total. The standard InChI is InChI=1S/C13H22N4O2.ClH/c1-10(2)16(11(3)4)9-8-14-12-6-5-7-15-13(12)17(18)19;/h5-7,10-11,14H,8-9H2,1-4H3;1H. The van der Waals surface area contributed by atoms with Gasteiger partial charge in [-0.05, 0) is 49.7 Å². The van der Waals surface area contributed by atoms with Crippen LogP contribution >= 0.6 is 12.4 Å². The lowest BCUT2D eigenvalue weighted by Crippen LogP contribution is -2.40. The number of nitrogens with zero attached hydrogens (tertiary/aromatic N) is 3. The van der Waals surface area contributed by atoms with Crippen LogP contribution in [0, 0.1) is 10.1 Å². The lowest BCUT2D eigenvalue weighted by Gasteiger charge is -2.30. The van der Waals surface area contributed by atoms with Gasteiger partial charge in [0.1, 0.15) is 11.9 Å². The Labute approximate surface area is 126 Å². The van der Waals surface area contributed by atoms with Crippen LogP contribution in [0.3, 0.4) is 0 Å². The molecule has 0 amide bonds. The van der Waals surface area contributed by atoms with Crippen LogP contribution in [-0.2, 0) is 0 Å². The van der Waals surface area contributed by atoms with E-state index in [0.29, 0.717) is 24.3 Å². The summed E-state index contributed by atoms with van der Waals surface area (Å²) in [5.74, 6) is -0.122. The third-order valence-corrected chi connectivity index (χ3v) is 2.97. The number of nitro groups is 1. The first-order valence-corrected chi connectivity index (χ1v) is 6.52. The Balaban J connectivity index is 0.00000361. The molecule has 1 rings (SSSR count). The van der Waals surface area contributed by atoms with E-state index in [-0.39, 0.29) is 18.2 Å². The van der Waals surface area contributed by atoms with Gasteiger partial charge in [-0.25, -0.2) is 0 Å². The number of pyridine rings is 1. The fourth-order valence-corrected chi connectivity index (χ4v) is 2.11. The minimum atomic E-state index is -0.467. The fraction of sp³-hybridized carbons (Fsp3) is 0.615. The van der Waals surface area contributed by atoms with Crippen molar-refractivity contribution in [1.82, 2.24) is 9.88 Å². The molecule has 0 unspecified atom stereocenters. The van der Waals surface area contributed by atoms with E-state index < -0.39 is 4.92 Å². The van der Waals surface area contributed by atoms with E-state index in [9.17, 15) is 10.1 Å². The highest BCUT2D eigenvalue weighted by Crippen LogP contribution is 2.19. The summed E-state index contributed by atoms with van der Waals surface area (Å²) in [5.41, 5.74) is 0.472. The van der Waals surface area contributed by atoms with Gasteiger partial charge in [0, 0.05) is 25.2 Å². The van der Waals surface area contributed by atoms with E-state index in [1.807, 2.05) is 0 Å². The topological polar surface area (TPSA) is 71.3 Å². The van der Waals surface area contributed by atoms with E-state index in [0.717, 1.165) is 6.54 Å². The molecule has 0 saturated heterocycles. The minimum absolute atomic E-state index is 0. The molecule has 1 N–H and O–H groups in total. The molecular formula is C13H23ClN4O2. The van der Waals surface area contributed by atoms with Gasteiger partial charge in [0.25, 0.3) is 0 Å². The van der Waals surface area contributed by atoms with E-state index in [2.05, 4.69) is 42.9 Å². The van der Waals surface area contributed by atoms with Crippen LogP contribution < -0.4 is 5.32 Å². The van der Waals surface area contributed by atoms with E-state index >= 15 is 0 Å². The molecule has 20 heavy (non-hydrogen) atoms. The summed E-state index contributed by atoms with van der Waals surface area (Å²) in [6, 6.07) is 4.27. The first kappa shape index (κ1) is 18.6. The summed E-state index contributed by atoms with van der Waals surface area (Å²) in [6.45, 7) is 10.1. The highest BCUT2D eigenvalue weighted by Gasteiger charge is 2.15. The maximum absolute atomic E-state index is 10.8. The second-order valence-electron chi connectivity index (χ2n) is 4.98. The molecule has 7 heteroatoms. The average Bonchev–Trinajstić information content (AvgIpc) is 2.33. The molecule has 1 heterocycles. The van der Waals surface area contributed by atoms with Crippen molar-refractivity contribution in [2.75, 3.05) is 18.4 Å². The van der Waals surface area contributed by atoms with Crippen molar-refractivity contribution in [1.29, 1.82) is 0 Å². The molecule has 0 fully saturated rings. The summed E-state index contributed by atoms with van der Waals surface area (Å²) < 4.78 is 0. The van der Waals surface area contributed by atoms with E-state index in [4.69, 9.17) is 0 Å². The summed E-state index contributed by atoms with van der Waals surface area (Å²) >= 11 is 0. The molecular weight excluding hydrogens is 280 g/mol. The molecule has 0 aromatic carbocycles.